The molecule has 1 rings (SSSR count). The highest BCUT2D eigenvalue weighted by Crippen LogP contribution is 2.31. The number of thioether (sulfide) groups is 1. The number of hydrogen-bond acceptors (Lipinski definition) is 2. The summed E-state index contributed by atoms with van der Waals surface area (Å²) in [6, 6.07) is 0. The zero-order valence-electron chi connectivity index (χ0n) is 8.12. The van der Waals surface area contributed by atoms with Gasteiger partial charge in [-0.05, 0) is 25.7 Å². The van der Waals surface area contributed by atoms with Crippen molar-refractivity contribution in [1.82, 2.24) is 0 Å². The van der Waals surface area contributed by atoms with Gasteiger partial charge in [0, 0.05) is 11.0 Å². The Bertz CT molecular complexity index is 125. The summed E-state index contributed by atoms with van der Waals surface area (Å²) < 4.78 is 0. The molecule has 3 unspecified atom stereocenters. The molecule has 0 aromatic rings. The van der Waals surface area contributed by atoms with Gasteiger partial charge in [-0.1, -0.05) is 19.8 Å². The Hall–Kier alpha value is 0.310. The second kappa shape index (κ2) is 5.13. The fourth-order valence-corrected chi connectivity index (χ4v) is 3.15. The van der Waals surface area contributed by atoms with Crippen LogP contribution < -0.4 is 0 Å². The van der Waals surface area contributed by atoms with Gasteiger partial charge in [0.05, 0.1) is 6.10 Å². The van der Waals surface area contributed by atoms with E-state index in [4.69, 9.17) is 5.11 Å². The van der Waals surface area contributed by atoms with Gasteiger partial charge in [-0.25, -0.2) is 0 Å². The maximum Gasteiger partial charge on any atom is 0.0602 e. The molecule has 2 heteroatoms. The molecule has 0 radical (unpaired) electrons. The summed E-state index contributed by atoms with van der Waals surface area (Å²) in [4.78, 5) is 0. The van der Waals surface area contributed by atoms with Crippen LogP contribution in [-0.2, 0) is 0 Å². The van der Waals surface area contributed by atoms with Crippen molar-refractivity contribution in [2.24, 2.45) is 5.92 Å². The van der Waals surface area contributed by atoms with Crippen LogP contribution in [-0.4, -0.2) is 22.2 Å². The standard InChI is InChI=1S/C10H20OS/c1-8-4-3-5-10(6-8)12-7-9(2)11/h8-11H,3-7H2,1-2H3. The minimum absolute atomic E-state index is 0.132. The lowest BCUT2D eigenvalue weighted by molar-refractivity contribution is 0.220. The molecule has 1 saturated carbocycles. The summed E-state index contributed by atoms with van der Waals surface area (Å²) in [5.74, 6) is 1.82. The molecule has 0 amide bonds. The smallest absolute Gasteiger partial charge is 0.0602 e. The fraction of sp³-hybridized carbons (Fsp3) is 1.00. The summed E-state index contributed by atoms with van der Waals surface area (Å²) in [7, 11) is 0. The van der Waals surface area contributed by atoms with Crippen LogP contribution in [0.5, 0.6) is 0 Å². The average Bonchev–Trinajstić information content (AvgIpc) is 2.01. The normalized spacial score (nSPS) is 33.2. The van der Waals surface area contributed by atoms with Gasteiger partial charge in [0.2, 0.25) is 0 Å². The van der Waals surface area contributed by atoms with E-state index >= 15 is 0 Å². The van der Waals surface area contributed by atoms with Crippen LogP contribution >= 0.6 is 11.8 Å². The highest BCUT2D eigenvalue weighted by atomic mass is 32.2. The molecule has 1 aliphatic carbocycles. The van der Waals surface area contributed by atoms with Crippen molar-refractivity contribution in [2.45, 2.75) is 50.9 Å². The van der Waals surface area contributed by atoms with Gasteiger partial charge >= 0.3 is 0 Å². The minimum Gasteiger partial charge on any atom is -0.393 e. The summed E-state index contributed by atoms with van der Waals surface area (Å²) in [5.41, 5.74) is 0. The van der Waals surface area contributed by atoms with Crippen molar-refractivity contribution in [3.05, 3.63) is 0 Å². The molecule has 72 valence electrons. The van der Waals surface area contributed by atoms with Gasteiger partial charge in [0.25, 0.3) is 0 Å². The number of hydrogen-bond donors (Lipinski definition) is 1. The Kier molecular flexibility index (Phi) is 4.44. The molecular weight excluding hydrogens is 168 g/mol. The zero-order chi connectivity index (χ0) is 8.97. The Morgan fingerprint density at radius 1 is 1.50 bits per heavy atom. The lowest BCUT2D eigenvalue weighted by atomic mass is 9.91. The molecule has 0 aliphatic heterocycles. The molecule has 3 atom stereocenters. The largest absolute Gasteiger partial charge is 0.393 e. The van der Waals surface area contributed by atoms with E-state index in [-0.39, 0.29) is 6.10 Å². The van der Waals surface area contributed by atoms with Crippen LogP contribution in [0.2, 0.25) is 0 Å². The first kappa shape index (κ1) is 10.4. The first-order chi connectivity index (χ1) is 5.68. The van der Waals surface area contributed by atoms with Gasteiger partial charge in [0.15, 0.2) is 0 Å². The molecule has 1 nitrogen and oxygen atoms in total. The Balaban J connectivity index is 2.14. The van der Waals surface area contributed by atoms with Gasteiger partial charge in [-0.15, -0.1) is 0 Å². The molecule has 0 aromatic heterocycles. The topological polar surface area (TPSA) is 20.2 Å². The second-order valence-electron chi connectivity index (χ2n) is 4.08. The van der Waals surface area contributed by atoms with Crippen LogP contribution in [0.3, 0.4) is 0 Å². The number of aliphatic hydroxyl groups excluding tert-OH is 1. The molecule has 0 bridgehead atoms. The first-order valence-electron chi connectivity index (χ1n) is 4.98. The van der Waals surface area contributed by atoms with Crippen LogP contribution in [0.4, 0.5) is 0 Å². The van der Waals surface area contributed by atoms with E-state index in [1.807, 2.05) is 18.7 Å². The zero-order valence-corrected chi connectivity index (χ0v) is 8.94. The van der Waals surface area contributed by atoms with E-state index in [0.717, 1.165) is 16.9 Å². The van der Waals surface area contributed by atoms with E-state index in [2.05, 4.69) is 6.92 Å². The van der Waals surface area contributed by atoms with Crippen molar-refractivity contribution in [2.75, 3.05) is 5.75 Å². The highest BCUT2D eigenvalue weighted by Gasteiger charge is 2.19. The van der Waals surface area contributed by atoms with Gasteiger partial charge in [-0.3, -0.25) is 0 Å². The lowest BCUT2D eigenvalue weighted by Crippen LogP contribution is -2.17. The molecule has 0 saturated heterocycles. The summed E-state index contributed by atoms with van der Waals surface area (Å²) in [6.45, 7) is 4.22. The molecule has 0 heterocycles. The summed E-state index contributed by atoms with van der Waals surface area (Å²) >= 11 is 1.96. The van der Waals surface area contributed by atoms with Crippen molar-refractivity contribution >= 4 is 11.8 Å². The third-order valence-electron chi connectivity index (χ3n) is 2.46. The van der Waals surface area contributed by atoms with Crippen molar-refractivity contribution < 1.29 is 5.11 Å². The molecule has 0 aromatic carbocycles. The Labute approximate surface area is 79.9 Å². The second-order valence-corrected chi connectivity index (χ2v) is 5.41. The molecular formula is C10H20OS. The van der Waals surface area contributed by atoms with Crippen LogP contribution in [0.1, 0.15) is 39.5 Å². The predicted octanol–water partition coefficient (Wildman–Crippen LogP) is 2.68. The minimum atomic E-state index is -0.132. The van der Waals surface area contributed by atoms with Crippen molar-refractivity contribution in [1.29, 1.82) is 0 Å². The van der Waals surface area contributed by atoms with E-state index < -0.39 is 0 Å². The molecule has 0 spiro atoms. The summed E-state index contributed by atoms with van der Waals surface area (Å²) in [6.07, 6.45) is 5.39. The van der Waals surface area contributed by atoms with E-state index in [0.29, 0.717) is 0 Å². The Morgan fingerprint density at radius 2 is 2.25 bits per heavy atom. The van der Waals surface area contributed by atoms with Crippen LogP contribution in [0, 0.1) is 5.92 Å². The number of aliphatic hydroxyl groups is 1. The van der Waals surface area contributed by atoms with Gasteiger partial charge < -0.3 is 5.11 Å². The lowest BCUT2D eigenvalue weighted by Gasteiger charge is -2.26. The molecule has 12 heavy (non-hydrogen) atoms. The highest BCUT2D eigenvalue weighted by molar-refractivity contribution is 7.99. The SMILES string of the molecule is CC(O)CSC1CCCC(C)C1. The van der Waals surface area contributed by atoms with Gasteiger partial charge in [-0.2, -0.15) is 11.8 Å². The van der Waals surface area contributed by atoms with Crippen LogP contribution in [0.25, 0.3) is 0 Å². The van der Waals surface area contributed by atoms with Crippen molar-refractivity contribution in [3.8, 4) is 0 Å². The predicted molar refractivity (Wildman–Crippen MR) is 55.6 cm³/mol. The van der Waals surface area contributed by atoms with Gasteiger partial charge in [0.1, 0.15) is 0 Å². The molecule has 1 N–H and O–H groups in total. The van der Waals surface area contributed by atoms with E-state index in [1.54, 1.807) is 0 Å². The maximum absolute atomic E-state index is 9.13. The molecule has 1 fully saturated rings. The summed E-state index contributed by atoms with van der Waals surface area (Å²) in [5, 5.41) is 9.95. The Morgan fingerprint density at radius 3 is 2.83 bits per heavy atom. The average molecular weight is 188 g/mol. The quantitative estimate of drug-likeness (QED) is 0.735. The first-order valence-corrected chi connectivity index (χ1v) is 6.03. The van der Waals surface area contributed by atoms with E-state index in [1.165, 1.54) is 25.7 Å². The van der Waals surface area contributed by atoms with Crippen molar-refractivity contribution in [3.63, 3.8) is 0 Å². The molecule has 1 aliphatic rings. The monoisotopic (exact) mass is 188 g/mol. The third-order valence-corrected chi connectivity index (χ3v) is 4.04. The fourth-order valence-electron chi connectivity index (χ4n) is 1.81. The number of rotatable bonds is 3. The third kappa shape index (κ3) is 3.81. The van der Waals surface area contributed by atoms with Crippen LogP contribution in [0.15, 0.2) is 0 Å². The maximum atomic E-state index is 9.13. The van der Waals surface area contributed by atoms with E-state index in [9.17, 15) is 0 Å².